The number of hydrogen-bond acceptors (Lipinski definition) is 5. The third-order valence-electron chi connectivity index (χ3n) is 6.35. The first-order valence-electron chi connectivity index (χ1n) is 11.5. The first kappa shape index (κ1) is 20.5. The smallest absolute Gasteiger partial charge is 0.225 e. The molecule has 4 heterocycles. The Bertz CT molecular complexity index is 1390. The second kappa shape index (κ2) is 8.33. The zero-order valence-electron chi connectivity index (χ0n) is 18.8. The Morgan fingerprint density at radius 2 is 2.03 bits per heavy atom. The summed E-state index contributed by atoms with van der Waals surface area (Å²) in [5.41, 5.74) is 5.36. The fourth-order valence-electron chi connectivity index (χ4n) is 4.59. The molecule has 0 radical (unpaired) electrons. The molecule has 7 heteroatoms. The minimum atomic E-state index is -0.0161. The molecule has 6 rings (SSSR count). The summed E-state index contributed by atoms with van der Waals surface area (Å²) in [7, 11) is 0. The van der Waals surface area contributed by atoms with E-state index in [9.17, 15) is 4.79 Å². The quantitative estimate of drug-likeness (QED) is 0.446. The van der Waals surface area contributed by atoms with E-state index in [0.29, 0.717) is 31.0 Å². The molecule has 7 nitrogen and oxygen atoms in total. The molecule has 2 aliphatic heterocycles. The van der Waals surface area contributed by atoms with E-state index in [4.69, 9.17) is 9.47 Å². The van der Waals surface area contributed by atoms with Gasteiger partial charge in [0.05, 0.1) is 24.4 Å². The highest BCUT2D eigenvalue weighted by atomic mass is 16.5. The summed E-state index contributed by atoms with van der Waals surface area (Å²) in [6.07, 6.45) is 5.40. The van der Waals surface area contributed by atoms with E-state index in [1.54, 1.807) is 6.20 Å². The number of hydrogen-bond donors (Lipinski definition) is 2. The number of pyridine rings is 1. The minimum Gasteiger partial charge on any atom is -0.493 e. The van der Waals surface area contributed by atoms with Gasteiger partial charge in [-0.15, -0.1) is 0 Å². The minimum absolute atomic E-state index is 0.0161. The summed E-state index contributed by atoms with van der Waals surface area (Å²) in [5.74, 6) is 3.94. The molecular weight excluding hydrogens is 428 g/mol. The number of anilines is 1. The van der Waals surface area contributed by atoms with Gasteiger partial charge in [0.25, 0.3) is 0 Å². The molecule has 0 bridgehead atoms. The van der Waals surface area contributed by atoms with Crippen molar-refractivity contribution >= 4 is 11.7 Å². The van der Waals surface area contributed by atoms with Crippen LogP contribution in [-0.2, 0) is 17.6 Å². The van der Waals surface area contributed by atoms with Gasteiger partial charge in [-0.2, -0.15) is 0 Å². The molecule has 0 unspecified atom stereocenters. The van der Waals surface area contributed by atoms with E-state index < -0.39 is 0 Å². The maximum absolute atomic E-state index is 11.7. The summed E-state index contributed by atoms with van der Waals surface area (Å²) in [4.78, 5) is 24.1. The van der Waals surface area contributed by atoms with Gasteiger partial charge >= 0.3 is 0 Å². The average Bonchev–Trinajstić information content (AvgIpc) is 3.34. The van der Waals surface area contributed by atoms with Gasteiger partial charge in [0.1, 0.15) is 28.9 Å². The first-order valence-corrected chi connectivity index (χ1v) is 11.5. The number of aromatic amines is 1. The Labute approximate surface area is 197 Å². The second-order valence-corrected chi connectivity index (χ2v) is 8.82. The second-order valence-electron chi connectivity index (χ2n) is 8.82. The number of fused-ring (bicyclic) bond motifs is 2. The van der Waals surface area contributed by atoms with Crippen molar-refractivity contribution in [3.05, 3.63) is 83.4 Å². The van der Waals surface area contributed by atoms with Gasteiger partial charge in [-0.05, 0) is 61.2 Å². The van der Waals surface area contributed by atoms with Crippen LogP contribution in [0.15, 0.2) is 60.9 Å². The third kappa shape index (κ3) is 3.90. The van der Waals surface area contributed by atoms with E-state index in [0.717, 1.165) is 46.1 Å². The predicted molar refractivity (Wildman–Crippen MR) is 128 cm³/mol. The summed E-state index contributed by atoms with van der Waals surface area (Å²) < 4.78 is 12.3. The lowest BCUT2D eigenvalue weighted by atomic mass is 9.96. The number of aromatic nitrogens is 3. The SMILES string of the molecule is Cc1cccc(-c2cnc([C@H]3COc4ccc(Oc5ccnc6c5CCC(=O)N6)cc4C3)[nH]2)c1. The molecule has 2 N–H and O–H groups in total. The van der Waals surface area contributed by atoms with Gasteiger partial charge in [0.15, 0.2) is 0 Å². The van der Waals surface area contributed by atoms with Crippen LogP contribution in [0.1, 0.15) is 34.9 Å². The predicted octanol–water partition coefficient (Wildman–Crippen LogP) is 5.18. The number of carbonyl (C=O) groups excluding carboxylic acids is 1. The molecule has 170 valence electrons. The van der Waals surface area contributed by atoms with Crippen molar-refractivity contribution in [1.29, 1.82) is 0 Å². The standard InChI is InChI=1S/C27H24N4O3/c1-16-3-2-4-17(11-16)22-14-29-26(30-22)19-12-18-13-20(5-7-23(18)33-15-19)34-24-9-10-28-27-21(24)6-8-25(32)31-27/h2-5,7,9-11,13-14,19H,6,8,12,15H2,1H3,(H,29,30)(H,28,31,32)/t19-/m1/s1. The van der Waals surface area contributed by atoms with Crippen molar-refractivity contribution in [2.45, 2.75) is 32.1 Å². The zero-order chi connectivity index (χ0) is 23.1. The normalized spacial score (nSPS) is 16.7. The lowest BCUT2D eigenvalue weighted by Gasteiger charge is -2.25. The van der Waals surface area contributed by atoms with Gasteiger partial charge < -0.3 is 19.8 Å². The molecule has 2 aliphatic rings. The highest BCUT2D eigenvalue weighted by molar-refractivity contribution is 5.93. The Morgan fingerprint density at radius 1 is 1.09 bits per heavy atom. The number of imidazole rings is 1. The van der Waals surface area contributed by atoms with Crippen molar-refractivity contribution < 1.29 is 14.3 Å². The van der Waals surface area contributed by atoms with Crippen LogP contribution in [0.4, 0.5) is 5.82 Å². The van der Waals surface area contributed by atoms with Crippen LogP contribution in [0.5, 0.6) is 17.2 Å². The summed E-state index contributed by atoms with van der Waals surface area (Å²) >= 11 is 0. The number of aryl methyl sites for hydroxylation is 1. The number of carbonyl (C=O) groups is 1. The number of ether oxygens (including phenoxy) is 2. The summed E-state index contributed by atoms with van der Waals surface area (Å²) in [6.45, 7) is 2.66. The van der Waals surface area contributed by atoms with Gasteiger partial charge in [0.2, 0.25) is 5.91 Å². The van der Waals surface area contributed by atoms with Crippen LogP contribution >= 0.6 is 0 Å². The average molecular weight is 453 g/mol. The molecule has 34 heavy (non-hydrogen) atoms. The number of amides is 1. The zero-order valence-corrected chi connectivity index (χ0v) is 18.8. The van der Waals surface area contributed by atoms with Gasteiger partial charge in [0, 0.05) is 18.2 Å². The largest absolute Gasteiger partial charge is 0.493 e. The van der Waals surface area contributed by atoms with Crippen LogP contribution in [0.25, 0.3) is 11.3 Å². The fraction of sp³-hybridized carbons (Fsp3) is 0.222. The lowest BCUT2D eigenvalue weighted by Crippen LogP contribution is -2.20. The van der Waals surface area contributed by atoms with E-state index in [1.165, 1.54) is 5.56 Å². The Hall–Kier alpha value is -4.13. The van der Waals surface area contributed by atoms with Crippen LogP contribution in [0.3, 0.4) is 0 Å². The summed E-state index contributed by atoms with van der Waals surface area (Å²) in [6, 6.07) is 16.1. The number of nitrogens with one attached hydrogen (secondary N) is 2. The highest BCUT2D eigenvalue weighted by Crippen LogP contribution is 2.37. The highest BCUT2D eigenvalue weighted by Gasteiger charge is 2.25. The van der Waals surface area contributed by atoms with E-state index in [1.807, 2.05) is 30.5 Å². The third-order valence-corrected chi connectivity index (χ3v) is 6.35. The maximum atomic E-state index is 11.7. The molecule has 1 amide bonds. The van der Waals surface area contributed by atoms with Crippen LogP contribution < -0.4 is 14.8 Å². The van der Waals surface area contributed by atoms with Crippen molar-refractivity contribution in [2.24, 2.45) is 0 Å². The summed E-state index contributed by atoms with van der Waals surface area (Å²) in [5, 5.41) is 2.82. The lowest BCUT2D eigenvalue weighted by molar-refractivity contribution is -0.116. The number of benzene rings is 2. The van der Waals surface area contributed by atoms with Crippen molar-refractivity contribution in [1.82, 2.24) is 15.0 Å². The van der Waals surface area contributed by atoms with Crippen molar-refractivity contribution in [3.63, 3.8) is 0 Å². The van der Waals surface area contributed by atoms with Crippen molar-refractivity contribution in [2.75, 3.05) is 11.9 Å². The topological polar surface area (TPSA) is 89.1 Å². The van der Waals surface area contributed by atoms with E-state index >= 15 is 0 Å². The van der Waals surface area contributed by atoms with Crippen LogP contribution in [-0.4, -0.2) is 27.5 Å². The van der Waals surface area contributed by atoms with Gasteiger partial charge in [-0.25, -0.2) is 9.97 Å². The molecule has 1 atom stereocenters. The van der Waals surface area contributed by atoms with E-state index in [-0.39, 0.29) is 11.8 Å². The molecular formula is C27H24N4O3. The Morgan fingerprint density at radius 3 is 2.94 bits per heavy atom. The Balaban J connectivity index is 1.22. The molecule has 4 aromatic rings. The first-order chi connectivity index (χ1) is 16.6. The van der Waals surface area contributed by atoms with Gasteiger partial charge in [-0.3, -0.25) is 4.79 Å². The number of H-pyrrole nitrogens is 1. The fourth-order valence-corrected chi connectivity index (χ4v) is 4.59. The molecule has 0 saturated carbocycles. The van der Waals surface area contributed by atoms with E-state index in [2.05, 4.69) is 51.5 Å². The van der Waals surface area contributed by atoms with Gasteiger partial charge in [-0.1, -0.05) is 23.8 Å². The molecule has 0 saturated heterocycles. The molecule has 2 aromatic carbocycles. The molecule has 0 fully saturated rings. The Kier molecular flexibility index (Phi) is 5.02. The number of nitrogens with zero attached hydrogens (tertiary/aromatic N) is 2. The monoisotopic (exact) mass is 452 g/mol. The molecule has 0 aliphatic carbocycles. The number of rotatable bonds is 4. The molecule has 2 aromatic heterocycles. The van der Waals surface area contributed by atoms with Crippen molar-refractivity contribution in [3.8, 4) is 28.5 Å². The molecule has 0 spiro atoms. The van der Waals surface area contributed by atoms with Crippen LogP contribution in [0, 0.1) is 6.92 Å². The van der Waals surface area contributed by atoms with Crippen LogP contribution in [0.2, 0.25) is 0 Å². The maximum Gasteiger partial charge on any atom is 0.225 e.